The van der Waals surface area contributed by atoms with Gasteiger partial charge in [-0.2, -0.15) is 22.8 Å². The van der Waals surface area contributed by atoms with Crippen LogP contribution in [0.5, 0.6) is 0 Å². The molecular weight excluding hydrogens is 325 g/mol. The average molecular weight is 331 g/mol. The van der Waals surface area contributed by atoms with E-state index in [2.05, 4.69) is 15.3 Å². The van der Waals surface area contributed by atoms with E-state index in [1.165, 1.54) is 6.07 Å². The van der Waals surface area contributed by atoms with Crippen molar-refractivity contribution in [2.75, 3.05) is 0 Å². The van der Waals surface area contributed by atoms with Crippen molar-refractivity contribution in [3.63, 3.8) is 0 Å². The molecule has 0 saturated heterocycles. The molecule has 0 spiro atoms. The second-order valence-corrected chi connectivity index (χ2v) is 5.46. The lowest BCUT2D eigenvalue weighted by Gasteiger charge is -2.05. The molecule has 0 unspecified atom stereocenters. The Kier molecular flexibility index (Phi) is 3.50. The van der Waals surface area contributed by atoms with Crippen molar-refractivity contribution in [2.45, 2.75) is 16.1 Å². The number of halogens is 4. The van der Waals surface area contributed by atoms with Gasteiger partial charge in [0, 0.05) is 4.90 Å². The maximum atomic E-state index is 12.8. The summed E-state index contributed by atoms with van der Waals surface area (Å²) in [6.45, 7) is 0. The lowest BCUT2D eigenvalue weighted by molar-refractivity contribution is -0.146. The number of hydrogen-bond acceptors (Lipinski definition) is 4. The molecule has 21 heavy (non-hydrogen) atoms. The van der Waals surface area contributed by atoms with E-state index < -0.39 is 12.0 Å². The Hall–Kier alpha value is -1.80. The molecule has 0 aliphatic heterocycles. The van der Waals surface area contributed by atoms with Crippen molar-refractivity contribution in [1.29, 1.82) is 0 Å². The monoisotopic (exact) mass is 330 g/mol. The molecule has 0 aliphatic rings. The fourth-order valence-corrected chi connectivity index (χ4v) is 2.69. The van der Waals surface area contributed by atoms with Gasteiger partial charge in [-0.05, 0) is 24.3 Å². The SMILES string of the molecule is FC(F)(F)c1nnc2ccc(Sc3ccccc3Cl)nn12. The highest BCUT2D eigenvalue weighted by atomic mass is 35.5. The van der Waals surface area contributed by atoms with Gasteiger partial charge in [0.2, 0.25) is 0 Å². The molecule has 0 saturated carbocycles. The summed E-state index contributed by atoms with van der Waals surface area (Å²) in [6.07, 6.45) is -4.61. The number of fused-ring (bicyclic) bond motifs is 1. The molecule has 0 aliphatic carbocycles. The van der Waals surface area contributed by atoms with Crippen molar-refractivity contribution in [3.05, 3.63) is 47.2 Å². The highest BCUT2D eigenvalue weighted by Crippen LogP contribution is 2.33. The minimum atomic E-state index is -4.61. The molecule has 9 heteroatoms. The minimum Gasteiger partial charge on any atom is -0.188 e. The fourth-order valence-electron chi connectivity index (χ4n) is 1.64. The summed E-state index contributed by atoms with van der Waals surface area (Å²) in [5, 5.41) is 11.3. The van der Waals surface area contributed by atoms with Crippen LogP contribution in [0.4, 0.5) is 13.2 Å². The van der Waals surface area contributed by atoms with Crippen LogP contribution in [0.15, 0.2) is 46.3 Å². The van der Waals surface area contributed by atoms with Gasteiger partial charge in [0.1, 0.15) is 5.03 Å². The predicted molar refractivity (Wildman–Crippen MR) is 71.4 cm³/mol. The van der Waals surface area contributed by atoms with Gasteiger partial charge < -0.3 is 0 Å². The van der Waals surface area contributed by atoms with Crippen LogP contribution in [0.1, 0.15) is 5.82 Å². The molecular formula is C12H6ClF3N4S. The van der Waals surface area contributed by atoms with E-state index in [1.807, 2.05) is 0 Å². The first-order chi connectivity index (χ1) is 9.95. The molecule has 2 aromatic heterocycles. The van der Waals surface area contributed by atoms with Gasteiger partial charge in [0.25, 0.3) is 5.82 Å². The molecule has 3 rings (SSSR count). The van der Waals surface area contributed by atoms with E-state index in [4.69, 9.17) is 11.6 Å². The largest absolute Gasteiger partial charge is 0.453 e. The average Bonchev–Trinajstić information content (AvgIpc) is 2.84. The number of rotatable bonds is 2. The third-order valence-corrected chi connectivity index (χ3v) is 3.99. The van der Waals surface area contributed by atoms with Gasteiger partial charge in [-0.1, -0.05) is 35.5 Å². The smallest absolute Gasteiger partial charge is 0.188 e. The van der Waals surface area contributed by atoms with Gasteiger partial charge in [-0.15, -0.1) is 10.2 Å². The zero-order chi connectivity index (χ0) is 15.0. The van der Waals surface area contributed by atoms with Crippen LogP contribution in [-0.4, -0.2) is 19.8 Å². The quantitative estimate of drug-likeness (QED) is 0.713. The molecule has 108 valence electrons. The van der Waals surface area contributed by atoms with Crippen LogP contribution in [0, 0.1) is 0 Å². The van der Waals surface area contributed by atoms with Crippen molar-refractivity contribution in [2.24, 2.45) is 0 Å². The summed E-state index contributed by atoms with van der Waals surface area (Å²) >= 11 is 7.18. The van der Waals surface area contributed by atoms with E-state index >= 15 is 0 Å². The molecule has 3 aromatic rings. The number of aromatic nitrogens is 4. The Bertz CT molecular complexity index is 803. The molecule has 2 heterocycles. The molecule has 0 fully saturated rings. The van der Waals surface area contributed by atoms with Crippen LogP contribution < -0.4 is 0 Å². The first-order valence-electron chi connectivity index (χ1n) is 5.67. The lowest BCUT2D eigenvalue weighted by atomic mass is 10.4. The number of benzene rings is 1. The van der Waals surface area contributed by atoms with Crippen molar-refractivity contribution in [1.82, 2.24) is 19.8 Å². The zero-order valence-corrected chi connectivity index (χ0v) is 11.7. The first-order valence-corrected chi connectivity index (χ1v) is 6.86. The molecule has 1 aromatic carbocycles. The van der Waals surface area contributed by atoms with Gasteiger partial charge in [0.15, 0.2) is 5.65 Å². The second kappa shape index (κ2) is 5.19. The van der Waals surface area contributed by atoms with Crippen LogP contribution >= 0.6 is 23.4 Å². The van der Waals surface area contributed by atoms with Crippen molar-refractivity contribution < 1.29 is 13.2 Å². The van der Waals surface area contributed by atoms with Gasteiger partial charge in [-0.25, -0.2) is 0 Å². The van der Waals surface area contributed by atoms with E-state index in [0.29, 0.717) is 19.5 Å². The van der Waals surface area contributed by atoms with E-state index in [1.54, 1.807) is 30.3 Å². The summed E-state index contributed by atoms with van der Waals surface area (Å²) in [7, 11) is 0. The van der Waals surface area contributed by atoms with Crippen LogP contribution in [0.25, 0.3) is 5.65 Å². The lowest BCUT2D eigenvalue weighted by Crippen LogP contribution is -2.12. The summed E-state index contributed by atoms with van der Waals surface area (Å²) < 4.78 is 39.0. The van der Waals surface area contributed by atoms with Crippen LogP contribution in [0.2, 0.25) is 5.02 Å². The van der Waals surface area contributed by atoms with Crippen LogP contribution in [-0.2, 0) is 6.18 Å². The number of hydrogen-bond donors (Lipinski definition) is 0. The van der Waals surface area contributed by atoms with E-state index in [0.717, 1.165) is 11.8 Å². The number of nitrogens with zero attached hydrogens (tertiary/aromatic N) is 4. The van der Waals surface area contributed by atoms with Crippen molar-refractivity contribution in [3.8, 4) is 0 Å². The Morgan fingerprint density at radius 2 is 1.81 bits per heavy atom. The summed E-state index contributed by atoms with van der Waals surface area (Å²) in [5.41, 5.74) is 0.0332. The maximum Gasteiger partial charge on any atom is 0.453 e. The van der Waals surface area contributed by atoms with Gasteiger partial charge in [0.05, 0.1) is 5.02 Å². The van der Waals surface area contributed by atoms with Crippen molar-refractivity contribution >= 4 is 29.0 Å². The highest BCUT2D eigenvalue weighted by Gasteiger charge is 2.37. The van der Waals surface area contributed by atoms with E-state index in [-0.39, 0.29) is 5.65 Å². The molecule has 0 atom stereocenters. The topological polar surface area (TPSA) is 43.1 Å². The third-order valence-electron chi connectivity index (χ3n) is 2.54. The zero-order valence-electron chi connectivity index (χ0n) is 10.2. The Morgan fingerprint density at radius 3 is 2.52 bits per heavy atom. The predicted octanol–water partition coefficient (Wildman–Crippen LogP) is 3.95. The molecule has 0 amide bonds. The Balaban J connectivity index is 2.03. The summed E-state index contributed by atoms with van der Waals surface area (Å²) in [5.74, 6) is -1.15. The van der Waals surface area contributed by atoms with E-state index in [9.17, 15) is 13.2 Å². The first kappa shape index (κ1) is 14.2. The summed E-state index contributed by atoms with van der Waals surface area (Å²) in [4.78, 5) is 0.702. The molecule has 0 bridgehead atoms. The number of alkyl halides is 3. The fraction of sp³-hybridized carbons (Fsp3) is 0.0833. The molecule has 0 N–H and O–H groups in total. The van der Waals surface area contributed by atoms with Gasteiger partial charge >= 0.3 is 6.18 Å². The van der Waals surface area contributed by atoms with Crippen LogP contribution in [0.3, 0.4) is 0 Å². The maximum absolute atomic E-state index is 12.8. The highest BCUT2D eigenvalue weighted by molar-refractivity contribution is 7.99. The standard InChI is InChI=1S/C12H6ClF3N4S/c13-7-3-1-2-4-8(7)21-10-6-5-9-17-18-11(12(14,15)16)20(9)19-10/h1-6H. The Morgan fingerprint density at radius 1 is 1.05 bits per heavy atom. The summed E-state index contributed by atoms with van der Waals surface area (Å²) in [6, 6.07) is 10.0. The Labute approximate surface area is 125 Å². The third kappa shape index (κ3) is 2.81. The normalized spacial score (nSPS) is 12.0. The molecule has 0 radical (unpaired) electrons. The van der Waals surface area contributed by atoms with Gasteiger partial charge in [-0.3, -0.25) is 0 Å². The second-order valence-electron chi connectivity index (χ2n) is 4.00. The molecule has 4 nitrogen and oxygen atoms in total. The minimum absolute atomic E-state index is 0.0332.